The Balaban J connectivity index is 1.68. The topological polar surface area (TPSA) is 50.1 Å². The molecule has 4 heterocycles. The van der Waals surface area contributed by atoms with Crippen molar-refractivity contribution < 1.29 is 5.11 Å². The van der Waals surface area contributed by atoms with Crippen LogP contribution in [0.25, 0.3) is 10.9 Å². The predicted octanol–water partition coefficient (Wildman–Crippen LogP) is 3.50. The highest BCUT2D eigenvalue weighted by molar-refractivity contribution is 5.87. The molecular formula is C23H27N3O. The third kappa shape index (κ3) is 2.54. The Morgan fingerprint density at radius 3 is 2.85 bits per heavy atom. The van der Waals surface area contributed by atoms with Gasteiger partial charge in [0.05, 0.1) is 5.60 Å². The molecule has 0 spiro atoms. The number of benzene rings is 1. The molecule has 3 atom stereocenters. The van der Waals surface area contributed by atoms with Crippen molar-refractivity contribution in [2.45, 2.75) is 44.8 Å². The minimum Gasteiger partial charge on any atom is -0.385 e. The van der Waals surface area contributed by atoms with Gasteiger partial charge in [0.15, 0.2) is 0 Å². The fraction of sp³-hybridized carbons (Fsp3) is 0.435. The van der Waals surface area contributed by atoms with Crippen LogP contribution in [0.3, 0.4) is 0 Å². The maximum atomic E-state index is 11.6. The minimum absolute atomic E-state index is 0.183. The normalized spacial score (nSPS) is 24.3. The Kier molecular flexibility index (Phi) is 3.88. The summed E-state index contributed by atoms with van der Waals surface area (Å²) in [5.41, 5.74) is 5.71. The maximum Gasteiger partial charge on any atom is 0.0905 e. The number of aromatic nitrogens is 2. The van der Waals surface area contributed by atoms with Gasteiger partial charge >= 0.3 is 0 Å². The summed E-state index contributed by atoms with van der Waals surface area (Å²) in [7, 11) is 0. The summed E-state index contributed by atoms with van der Waals surface area (Å²) in [4.78, 5) is 4.13. The lowest BCUT2D eigenvalue weighted by Crippen LogP contribution is -2.42. The number of nitrogens with one attached hydrogen (secondary N) is 1. The van der Waals surface area contributed by atoms with Gasteiger partial charge in [-0.3, -0.25) is 4.98 Å². The molecule has 1 aromatic carbocycles. The zero-order valence-electron chi connectivity index (χ0n) is 16.1. The van der Waals surface area contributed by atoms with E-state index >= 15 is 0 Å². The van der Waals surface area contributed by atoms with Crippen molar-refractivity contribution in [2.24, 2.45) is 5.92 Å². The van der Waals surface area contributed by atoms with E-state index in [-0.39, 0.29) is 5.92 Å². The number of rotatable bonds is 2. The van der Waals surface area contributed by atoms with Crippen molar-refractivity contribution in [3.05, 3.63) is 65.1 Å². The largest absolute Gasteiger partial charge is 0.385 e. The highest BCUT2D eigenvalue weighted by Gasteiger charge is 2.44. The van der Waals surface area contributed by atoms with Crippen molar-refractivity contribution in [3.63, 3.8) is 0 Å². The van der Waals surface area contributed by atoms with Crippen LogP contribution >= 0.6 is 0 Å². The minimum atomic E-state index is -0.867. The summed E-state index contributed by atoms with van der Waals surface area (Å²) < 4.78 is 2.53. The number of aliphatic hydroxyl groups is 1. The molecule has 0 bridgehead atoms. The van der Waals surface area contributed by atoms with Crippen LogP contribution in [-0.4, -0.2) is 27.7 Å². The molecule has 3 unspecified atom stereocenters. The molecule has 0 amide bonds. The van der Waals surface area contributed by atoms with Gasteiger partial charge in [0.25, 0.3) is 0 Å². The lowest BCUT2D eigenvalue weighted by Gasteiger charge is -2.42. The van der Waals surface area contributed by atoms with Gasteiger partial charge in [-0.25, -0.2) is 0 Å². The van der Waals surface area contributed by atoms with Crippen molar-refractivity contribution >= 4 is 10.9 Å². The molecule has 2 N–H and O–H groups in total. The second-order valence-corrected chi connectivity index (χ2v) is 8.38. The first-order valence-corrected chi connectivity index (χ1v) is 10.0. The van der Waals surface area contributed by atoms with E-state index in [2.05, 4.69) is 40.0 Å². The van der Waals surface area contributed by atoms with Crippen LogP contribution < -0.4 is 5.32 Å². The number of hydrogen-bond acceptors (Lipinski definition) is 3. The molecular weight excluding hydrogens is 334 g/mol. The van der Waals surface area contributed by atoms with Gasteiger partial charge in [0, 0.05) is 53.9 Å². The molecule has 4 nitrogen and oxygen atoms in total. The summed E-state index contributed by atoms with van der Waals surface area (Å²) in [6, 6.07) is 10.8. The summed E-state index contributed by atoms with van der Waals surface area (Å²) in [6.45, 7) is 7.05. The van der Waals surface area contributed by atoms with E-state index in [1.807, 2.05) is 19.1 Å². The average Bonchev–Trinajstić information content (AvgIpc) is 2.83. The lowest BCUT2D eigenvalue weighted by atomic mass is 9.70. The first-order valence-electron chi connectivity index (χ1n) is 10.0. The number of aryl methyl sites for hydroxylation is 2. The summed E-state index contributed by atoms with van der Waals surface area (Å²) in [5, 5.41) is 16.6. The molecule has 4 heteroatoms. The van der Waals surface area contributed by atoms with E-state index in [1.54, 1.807) is 12.4 Å². The second kappa shape index (κ2) is 6.18. The molecule has 2 aliphatic rings. The monoisotopic (exact) mass is 361 g/mol. The first-order chi connectivity index (χ1) is 13.1. The van der Waals surface area contributed by atoms with Crippen molar-refractivity contribution in [3.8, 4) is 0 Å². The fourth-order valence-corrected chi connectivity index (χ4v) is 5.43. The molecule has 27 heavy (non-hydrogen) atoms. The smallest absolute Gasteiger partial charge is 0.0905 e. The zero-order chi connectivity index (χ0) is 18.6. The molecule has 0 fully saturated rings. The van der Waals surface area contributed by atoms with Gasteiger partial charge in [0.1, 0.15) is 0 Å². The maximum absolute atomic E-state index is 11.6. The molecule has 2 aliphatic heterocycles. The van der Waals surface area contributed by atoms with Gasteiger partial charge in [-0.05, 0) is 68.6 Å². The number of hydrogen-bond donors (Lipinski definition) is 2. The Hall–Kier alpha value is -2.17. The Bertz CT molecular complexity index is 990. The van der Waals surface area contributed by atoms with Gasteiger partial charge in [-0.15, -0.1) is 0 Å². The van der Waals surface area contributed by atoms with Gasteiger partial charge in [-0.2, -0.15) is 0 Å². The lowest BCUT2D eigenvalue weighted by molar-refractivity contribution is -0.0295. The molecule has 5 rings (SSSR count). The highest BCUT2D eigenvalue weighted by Crippen LogP contribution is 2.48. The van der Waals surface area contributed by atoms with Crippen LogP contribution in [0, 0.1) is 12.8 Å². The van der Waals surface area contributed by atoms with Crippen molar-refractivity contribution in [1.82, 2.24) is 14.9 Å². The molecule has 3 aromatic rings. The standard InChI is InChI=1S/C23H27N3O/c1-15-3-4-21-18(13-15)17-7-11-25-14-19-20(8-12-26(21)22(17)19)23(2,27)16-5-9-24-10-6-16/h3-6,9-10,13,19-20,25,27H,7-8,11-12,14H2,1-2H3. The van der Waals surface area contributed by atoms with Crippen molar-refractivity contribution in [2.75, 3.05) is 13.1 Å². The van der Waals surface area contributed by atoms with E-state index in [0.717, 1.165) is 38.0 Å². The highest BCUT2D eigenvalue weighted by atomic mass is 16.3. The zero-order valence-corrected chi connectivity index (χ0v) is 16.1. The van der Waals surface area contributed by atoms with E-state index in [4.69, 9.17) is 0 Å². The SMILES string of the molecule is Cc1ccc2c(c1)c1c3n2CCC(C(C)(O)c2ccncc2)C3CNCC1. The van der Waals surface area contributed by atoms with Gasteiger partial charge in [0.2, 0.25) is 0 Å². The third-order valence-corrected chi connectivity index (χ3v) is 6.77. The Morgan fingerprint density at radius 2 is 2.04 bits per heavy atom. The number of pyridine rings is 1. The third-order valence-electron chi connectivity index (χ3n) is 6.77. The Labute approximate surface area is 160 Å². The second-order valence-electron chi connectivity index (χ2n) is 8.38. The Morgan fingerprint density at radius 1 is 1.22 bits per heavy atom. The van der Waals surface area contributed by atoms with Crippen LogP contribution in [0.15, 0.2) is 42.7 Å². The summed E-state index contributed by atoms with van der Waals surface area (Å²) in [6.07, 6.45) is 5.60. The summed E-state index contributed by atoms with van der Waals surface area (Å²) in [5.74, 6) is 0.495. The molecule has 0 saturated carbocycles. The van der Waals surface area contributed by atoms with Crippen LogP contribution in [0.4, 0.5) is 0 Å². The van der Waals surface area contributed by atoms with E-state index in [1.165, 1.54) is 27.7 Å². The molecule has 0 saturated heterocycles. The fourth-order valence-electron chi connectivity index (χ4n) is 5.43. The molecule has 0 aliphatic carbocycles. The van der Waals surface area contributed by atoms with Gasteiger partial charge in [-0.1, -0.05) is 11.6 Å². The van der Waals surface area contributed by atoms with Crippen LogP contribution in [0.1, 0.15) is 41.6 Å². The van der Waals surface area contributed by atoms with E-state index in [0.29, 0.717) is 5.92 Å². The van der Waals surface area contributed by atoms with Crippen molar-refractivity contribution in [1.29, 1.82) is 0 Å². The quantitative estimate of drug-likeness (QED) is 0.734. The number of nitrogens with zero attached hydrogens (tertiary/aromatic N) is 2. The number of fused-ring (bicyclic) bond motifs is 3. The van der Waals surface area contributed by atoms with E-state index < -0.39 is 5.60 Å². The van der Waals surface area contributed by atoms with Crippen LogP contribution in [0.2, 0.25) is 0 Å². The molecule has 140 valence electrons. The average molecular weight is 361 g/mol. The molecule has 2 aromatic heterocycles. The van der Waals surface area contributed by atoms with Gasteiger partial charge < -0.3 is 15.0 Å². The molecule has 0 radical (unpaired) electrons. The van der Waals surface area contributed by atoms with Crippen LogP contribution in [-0.2, 0) is 18.6 Å². The predicted molar refractivity (Wildman–Crippen MR) is 108 cm³/mol. The van der Waals surface area contributed by atoms with Crippen LogP contribution in [0.5, 0.6) is 0 Å². The summed E-state index contributed by atoms with van der Waals surface area (Å²) >= 11 is 0. The first kappa shape index (κ1) is 17.0. The van der Waals surface area contributed by atoms with E-state index in [9.17, 15) is 5.11 Å².